The molecule has 1 fully saturated rings. The van der Waals surface area contributed by atoms with Crippen LogP contribution in [0.1, 0.15) is 44.2 Å². The first-order valence-corrected chi connectivity index (χ1v) is 11.0. The van der Waals surface area contributed by atoms with Gasteiger partial charge in [-0.25, -0.2) is 12.7 Å². The van der Waals surface area contributed by atoms with E-state index in [4.69, 9.17) is 9.15 Å². The summed E-state index contributed by atoms with van der Waals surface area (Å²) < 4.78 is 36.4. The highest BCUT2D eigenvalue weighted by Crippen LogP contribution is 2.26. The van der Waals surface area contributed by atoms with E-state index in [9.17, 15) is 13.2 Å². The number of esters is 1. The monoisotopic (exact) mass is 407 g/mol. The predicted molar refractivity (Wildman–Crippen MR) is 103 cm³/mol. The molecular weight excluding hydrogens is 382 g/mol. The molecule has 1 aromatic heterocycles. The molecule has 1 aromatic carbocycles. The van der Waals surface area contributed by atoms with Crippen LogP contribution in [0.4, 0.5) is 0 Å². The van der Waals surface area contributed by atoms with Crippen LogP contribution in [0, 0.1) is 12.8 Å². The second-order valence-electron chi connectivity index (χ2n) is 6.96. The van der Waals surface area contributed by atoms with Crippen molar-refractivity contribution in [1.29, 1.82) is 0 Å². The molecule has 1 unspecified atom stereocenters. The summed E-state index contributed by atoms with van der Waals surface area (Å²) in [5.74, 6) is -0.0214. The minimum atomic E-state index is -3.21. The van der Waals surface area contributed by atoms with Crippen molar-refractivity contribution in [3.8, 4) is 11.5 Å². The van der Waals surface area contributed by atoms with Gasteiger partial charge in [0.05, 0.1) is 11.7 Å². The number of sulfonamides is 1. The summed E-state index contributed by atoms with van der Waals surface area (Å²) in [4.78, 5) is 12.4. The van der Waals surface area contributed by atoms with Crippen LogP contribution < -0.4 is 0 Å². The van der Waals surface area contributed by atoms with Gasteiger partial charge in [-0.1, -0.05) is 17.7 Å². The van der Waals surface area contributed by atoms with Gasteiger partial charge in [0.1, 0.15) is 0 Å². The third kappa shape index (κ3) is 4.59. The Labute approximate surface area is 164 Å². The molecule has 1 atom stereocenters. The molecule has 9 heteroatoms. The number of hydrogen-bond acceptors (Lipinski definition) is 7. The third-order valence-corrected chi connectivity index (χ3v) is 6.81. The highest BCUT2D eigenvalue weighted by Gasteiger charge is 2.32. The van der Waals surface area contributed by atoms with E-state index in [0.29, 0.717) is 31.8 Å². The fourth-order valence-electron chi connectivity index (χ4n) is 3.08. The van der Waals surface area contributed by atoms with Crippen LogP contribution in [0.5, 0.6) is 0 Å². The number of nitrogens with zero attached hydrogens (tertiary/aromatic N) is 3. The van der Waals surface area contributed by atoms with Crippen LogP contribution in [-0.2, 0) is 19.6 Å². The Kier molecular flexibility index (Phi) is 6.14. The molecule has 2 heterocycles. The van der Waals surface area contributed by atoms with Gasteiger partial charge >= 0.3 is 5.97 Å². The van der Waals surface area contributed by atoms with E-state index in [1.807, 2.05) is 31.2 Å². The van der Waals surface area contributed by atoms with Gasteiger partial charge in [-0.15, -0.1) is 10.2 Å². The predicted octanol–water partition coefficient (Wildman–Crippen LogP) is 2.71. The standard InChI is InChI=1S/C19H25N3O5S/c1-4-28(24,25)22-11-9-16(10-12-22)19(23)26-14(3)17-20-21-18(27-17)15-7-5-13(2)6-8-15/h5-8,14,16H,4,9-12H2,1-3H3. The molecular formula is C19H25N3O5S. The second-order valence-corrected chi connectivity index (χ2v) is 9.22. The van der Waals surface area contributed by atoms with E-state index in [1.54, 1.807) is 13.8 Å². The molecule has 8 nitrogen and oxygen atoms in total. The van der Waals surface area contributed by atoms with Gasteiger partial charge in [0.15, 0.2) is 6.10 Å². The van der Waals surface area contributed by atoms with Crippen molar-refractivity contribution in [3.63, 3.8) is 0 Å². The van der Waals surface area contributed by atoms with Gasteiger partial charge in [0.25, 0.3) is 5.89 Å². The lowest BCUT2D eigenvalue weighted by atomic mass is 9.98. The number of aromatic nitrogens is 2. The molecule has 0 bridgehead atoms. The SMILES string of the molecule is CCS(=O)(=O)N1CCC(C(=O)OC(C)c2nnc(-c3ccc(C)cc3)o2)CC1. The van der Waals surface area contributed by atoms with Crippen LogP contribution in [0.25, 0.3) is 11.5 Å². The number of aryl methyl sites for hydroxylation is 1. The number of piperidine rings is 1. The highest BCUT2D eigenvalue weighted by atomic mass is 32.2. The average molecular weight is 407 g/mol. The average Bonchev–Trinajstić information content (AvgIpc) is 3.19. The number of rotatable bonds is 6. The Hall–Kier alpha value is -2.26. The Bertz CT molecular complexity index is 915. The summed E-state index contributed by atoms with van der Waals surface area (Å²) >= 11 is 0. The molecule has 0 spiro atoms. The molecule has 0 saturated carbocycles. The summed E-state index contributed by atoms with van der Waals surface area (Å²) in [5, 5.41) is 8.01. The normalized spacial score (nSPS) is 17.4. The maximum absolute atomic E-state index is 12.4. The number of benzene rings is 1. The minimum Gasteiger partial charge on any atom is -0.452 e. The molecule has 152 valence electrons. The fraction of sp³-hybridized carbons (Fsp3) is 0.526. The molecule has 1 aliphatic rings. The summed E-state index contributed by atoms with van der Waals surface area (Å²) in [5.41, 5.74) is 1.93. The lowest BCUT2D eigenvalue weighted by Gasteiger charge is -2.30. The van der Waals surface area contributed by atoms with Crippen molar-refractivity contribution >= 4 is 16.0 Å². The number of hydrogen-bond donors (Lipinski definition) is 0. The molecule has 0 N–H and O–H groups in total. The third-order valence-electron chi connectivity index (χ3n) is 4.93. The maximum Gasteiger partial charge on any atom is 0.309 e. The van der Waals surface area contributed by atoms with E-state index in [2.05, 4.69) is 10.2 Å². The fourth-order valence-corrected chi connectivity index (χ4v) is 4.22. The van der Waals surface area contributed by atoms with Crippen LogP contribution in [-0.4, -0.2) is 47.7 Å². The van der Waals surface area contributed by atoms with Crippen LogP contribution in [0.2, 0.25) is 0 Å². The van der Waals surface area contributed by atoms with Gasteiger partial charge in [-0.2, -0.15) is 0 Å². The van der Waals surface area contributed by atoms with Crippen molar-refractivity contribution in [1.82, 2.24) is 14.5 Å². The Balaban J connectivity index is 1.57. The first kappa shape index (κ1) is 20.5. The molecule has 1 aliphatic heterocycles. The van der Waals surface area contributed by atoms with Gasteiger partial charge in [-0.05, 0) is 45.7 Å². The van der Waals surface area contributed by atoms with E-state index in [0.717, 1.165) is 11.1 Å². The smallest absolute Gasteiger partial charge is 0.309 e. The molecule has 1 saturated heterocycles. The molecule has 28 heavy (non-hydrogen) atoms. The highest BCUT2D eigenvalue weighted by molar-refractivity contribution is 7.89. The van der Waals surface area contributed by atoms with Crippen molar-refractivity contribution in [3.05, 3.63) is 35.7 Å². The van der Waals surface area contributed by atoms with E-state index in [-0.39, 0.29) is 23.5 Å². The van der Waals surface area contributed by atoms with Gasteiger partial charge in [-0.3, -0.25) is 4.79 Å². The van der Waals surface area contributed by atoms with Gasteiger partial charge in [0.2, 0.25) is 15.9 Å². The van der Waals surface area contributed by atoms with E-state index >= 15 is 0 Å². The summed E-state index contributed by atoms with van der Waals surface area (Å²) in [6, 6.07) is 7.68. The van der Waals surface area contributed by atoms with Crippen molar-refractivity contribution in [2.24, 2.45) is 5.92 Å². The lowest BCUT2D eigenvalue weighted by Crippen LogP contribution is -2.41. The van der Waals surface area contributed by atoms with Crippen LogP contribution >= 0.6 is 0 Å². The summed E-state index contributed by atoms with van der Waals surface area (Å²) in [6.07, 6.45) is 0.225. The molecule has 2 aromatic rings. The zero-order valence-corrected chi connectivity index (χ0v) is 17.1. The zero-order valence-electron chi connectivity index (χ0n) is 16.3. The minimum absolute atomic E-state index is 0.0691. The van der Waals surface area contributed by atoms with Crippen molar-refractivity contribution in [2.45, 2.75) is 39.7 Å². The molecule has 3 rings (SSSR count). The Morgan fingerprint density at radius 3 is 2.50 bits per heavy atom. The van der Waals surface area contributed by atoms with Crippen molar-refractivity contribution < 1.29 is 22.4 Å². The summed E-state index contributed by atoms with van der Waals surface area (Å²) in [6.45, 7) is 5.96. The van der Waals surface area contributed by atoms with Crippen LogP contribution in [0.15, 0.2) is 28.7 Å². The Morgan fingerprint density at radius 1 is 1.25 bits per heavy atom. The van der Waals surface area contributed by atoms with E-state index < -0.39 is 16.1 Å². The first-order valence-electron chi connectivity index (χ1n) is 9.39. The number of carbonyl (C=O) groups is 1. The second kappa shape index (κ2) is 8.40. The molecule has 0 aliphatic carbocycles. The Morgan fingerprint density at radius 2 is 1.89 bits per heavy atom. The zero-order chi connectivity index (χ0) is 20.3. The molecule has 0 amide bonds. The number of carbonyl (C=O) groups excluding carboxylic acids is 1. The van der Waals surface area contributed by atoms with E-state index in [1.165, 1.54) is 4.31 Å². The largest absolute Gasteiger partial charge is 0.452 e. The number of ether oxygens (including phenoxy) is 1. The first-order chi connectivity index (χ1) is 13.3. The summed E-state index contributed by atoms with van der Waals surface area (Å²) in [7, 11) is -3.21. The topological polar surface area (TPSA) is 103 Å². The van der Waals surface area contributed by atoms with Gasteiger partial charge in [0, 0.05) is 18.7 Å². The van der Waals surface area contributed by atoms with Crippen LogP contribution in [0.3, 0.4) is 0 Å². The quantitative estimate of drug-likeness (QED) is 0.678. The molecule has 0 radical (unpaired) electrons. The lowest BCUT2D eigenvalue weighted by molar-refractivity contribution is -0.156. The van der Waals surface area contributed by atoms with Crippen molar-refractivity contribution in [2.75, 3.05) is 18.8 Å². The van der Waals surface area contributed by atoms with Gasteiger partial charge < -0.3 is 9.15 Å². The maximum atomic E-state index is 12.4.